The molecule has 5 nitrogen and oxygen atoms in total. The van der Waals surface area contributed by atoms with Crippen molar-refractivity contribution in [2.45, 2.75) is 19.9 Å². The summed E-state index contributed by atoms with van der Waals surface area (Å²) in [5, 5.41) is 11.9. The molecule has 2 N–H and O–H groups in total. The first kappa shape index (κ1) is 12.3. The Labute approximate surface area is 90.4 Å². The van der Waals surface area contributed by atoms with Crippen LogP contribution in [0.15, 0.2) is 0 Å². The molecule has 1 aliphatic rings. The molecule has 1 saturated heterocycles. The van der Waals surface area contributed by atoms with E-state index in [4.69, 9.17) is 9.84 Å². The second-order valence-electron chi connectivity index (χ2n) is 4.08. The van der Waals surface area contributed by atoms with Crippen molar-refractivity contribution in [3.63, 3.8) is 0 Å². The van der Waals surface area contributed by atoms with Crippen LogP contribution in [0.2, 0.25) is 0 Å². The van der Waals surface area contributed by atoms with Gasteiger partial charge in [0.1, 0.15) is 0 Å². The SMILES string of the molecule is CC(C)C(CO)NC(=O)N1CCOCC1. The zero-order valence-electron chi connectivity index (χ0n) is 9.40. The summed E-state index contributed by atoms with van der Waals surface area (Å²) in [6.45, 7) is 6.37. The molecule has 1 atom stereocenters. The predicted molar refractivity (Wildman–Crippen MR) is 56.6 cm³/mol. The standard InChI is InChI=1S/C10H20N2O3/c1-8(2)9(7-13)11-10(14)12-3-5-15-6-4-12/h8-9,13H,3-7H2,1-2H3,(H,11,14). The number of urea groups is 1. The number of hydrogen-bond acceptors (Lipinski definition) is 3. The van der Waals surface area contributed by atoms with E-state index in [-0.39, 0.29) is 24.6 Å². The van der Waals surface area contributed by atoms with E-state index in [0.29, 0.717) is 26.3 Å². The van der Waals surface area contributed by atoms with Crippen molar-refractivity contribution in [3.05, 3.63) is 0 Å². The van der Waals surface area contributed by atoms with Gasteiger partial charge in [-0.1, -0.05) is 13.8 Å². The third-order valence-electron chi connectivity index (χ3n) is 2.61. The summed E-state index contributed by atoms with van der Waals surface area (Å²) in [6.07, 6.45) is 0. The molecule has 1 heterocycles. The van der Waals surface area contributed by atoms with Gasteiger partial charge in [-0.05, 0) is 5.92 Å². The molecule has 0 aliphatic carbocycles. The van der Waals surface area contributed by atoms with E-state index >= 15 is 0 Å². The van der Waals surface area contributed by atoms with Gasteiger partial charge < -0.3 is 20.1 Å². The number of nitrogens with zero attached hydrogens (tertiary/aromatic N) is 1. The molecule has 1 fully saturated rings. The van der Waals surface area contributed by atoms with Gasteiger partial charge in [0.2, 0.25) is 0 Å². The lowest BCUT2D eigenvalue weighted by molar-refractivity contribution is 0.0511. The maximum absolute atomic E-state index is 11.7. The minimum absolute atomic E-state index is 0.0201. The van der Waals surface area contributed by atoms with Crippen LogP contribution in [0.5, 0.6) is 0 Å². The quantitative estimate of drug-likeness (QED) is 0.700. The lowest BCUT2D eigenvalue weighted by atomic mass is 10.1. The first-order valence-corrected chi connectivity index (χ1v) is 5.39. The van der Waals surface area contributed by atoms with E-state index < -0.39 is 0 Å². The van der Waals surface area contributed by atoms with Gasteiger partial charge >= 0.3 is 6.03 Å². The molecule has 1 rings (SSSR count). The average Bonchev–Trinajstić information content (AvgIpc) is 2.26. The molecule has 0 aromatic heterocycles. The number of carbonyl (C=O) groups is 1. The molecule has 0 aromatic rings. The molecule has 5 heteroatoms. The van der Waals surface area contributed by atoms with Crippen LogP contribution in [0, 0.1) is 5.92 Å². The predicted octanol–water partition coefficient (Wildman–Crippen LogP) is 0.0451. The van der Waals surface area contributed by atoms with Gasteiger partial charge in [0, 0.05) is 13.1 Å². The number of morpholine rings is 1. The first-order valence-electron chi connectivity index (χ1n) is 5.39. The summed E-state index contributed by atoms with van der Waals surface area (Å²) in [5.41, 5.74) is 0. The van der Waals surface area contributed by atoms with Gasteiger partial charge in [0.05, 0.1) is 25.9 Å². The summed E-state index contributed by atoms with van der Waals surface area (Å²) in [7, 11) is 0. The summed E-state index contributed by atoms with van der Waals surface area (Å²) >= 11 is 0. The van der Waals surface area contributed by atoms with E-state index in [1.165, 1.54) is 0 Å². The van der Waals surface area contributed by atoms with Crippen molar-refractivity contribution in [2.24, 2.45) is 5.92 Å². The monoisotopic (exact) mass is 216 g/mol. The minimum Gasteiger partial charge on any atom is -0.394 e. The first-order chi connectivity index (χ1) is 7.15. The third kappa shape index (κ3) is 3.68. The fourth-order valence-electron chi connectivity index (χ4n) is 1.44. The van der Waals surface area contributed by atoms with Crippen molar-refractivity contribution in [3.8, 4) is 0 Å². The van der Waals surface area contributed by atoms with Gasteiger partial charge in [-0.2, -0.15) is 0 Å². The summed E-state index contributed by atoms with van der Waals surface area (Å²) in [4.78, 5) is 13.4. The summed E-state index contributed by atoms with van der Waals surface area (Å²) < 4.78 is 5.16. The van der Waals surface area contributed by atoms with Crippen molar-refractivity contribution >= 4 is 6.03 Å². The second kappa shape index (κ2) is 5.92. The fourth-order valence-corrected chi connectivity index (χ4v) is 1.44. The number of aliphatic hydroxyl groups excluding tert-OH is 1. The Balaban J connectivity index is 2.38. The van der Waals surface area contributed by atoms with E-state index in [9.17, 15) is 4.79 Å². The Bertz CT molecular complexity index is 203. The van der Waals surface area contributed by atoms with Crippen molar-refractivity contribution < 1.29 is 14.6 Å². The third-order valence-corrected chi connectivity index (χ3v) is 2.61. The molecule has 0 saturated carbocycles. The van der Waals surface area contributed by atoms with Crippen molar-refractivity contribution in [1.82, 2.24) is 10.2 Å². The highest BCUT2D eigenvalue weighted by molar-refractivity contribution is 5.74. The molecule has 15 heavy (non-hydrogen) atoms. The topological polar surface area (TPSA) is 61.8 Å². The normalized spacial score (nSPS) is 19.1. The lowest BCUT2D eigenvalue weighted by Gasteiger charge is -2.29. The summed E-state index contributed by atoms with van der Waals surface area (Å²) in [6, 6.07) is -0.272. The zero-order chi connectivity index (χ0) is 11.3. The smallest absolute Gasteiger partial charge is 0.317 e. The van der Waals surface area contributed by atoms with Gasteiger partial charge in [-0.3, -0.25) is 0 Å². The molecule has 2 amide bonds. The fraction of sp³-hybridized carbons (Fsp3) is 0.900. The highest BCUT2D eigenvalue weighted by Gasteiger charge is 2.21. The lowest BCUT2D eigenvalue weighted by Crippen LogP contribution is -2.51. The number of amides is 2. The molecule has 88 valence electrons. The number of hydrogen-bond donors (Lipinski definition) is 2. The van der Waals surface area contributed by atoms with Gasteiger partial charge in [0.25, 0.3) is 0 Å². The highest BCUT2D eigenvalue weighted by Crippen LogP contribution is 2.03. The average molecular weight is 216 g/mol. The molecule has 0 spiro atoms. The Hall–Kier alpha value is -0.810. The Morgan fingerprint density at radius 2 is 2.07 bits per heavy atom. The molecular weight excluding hydrogens is 196 g/mol. The van der Waals surface area contributed by atoms with Crippen LogP contribution in [0.1, 0.15) is 13.8 Å². The van der Waals surface area contributed by atoms with E-state index in [1.54, 1.807) is 4.90 Å². The van der Waals surface area contributed by atoms with Crippen LogP contribution < -0.4 is 5.32 Å². The second-order valence-corrected chi connectivity index (χ2v) is 4.08. The number of ether oxygens (including phenoxy) is 1. The van der Waals surface area contributed by atoms with E-state index in [2.05, 4.69) is 5.32 Å². The van der Waals surface area contributed by atoms with Gasteiger partial charge in [0.15, 0.2) is 0 Å². The Kier molecular flexibility index (Phi) is 4.84. The van der Waals surface area contributed by atoms with Crippen LogP contribution in [0.4, 0.5) is 4.79 Å². The van der Waals surface area contributed by atoms with Gasteiger partial charge in [-0.25, -0.2) is 4.79 Å². The van der Waals surface area contributed by atoms with Crippen LogP contribution in [0.3, 0.4) is 0 Å². The molecule has 0 bridgehead atoms. The number of carbonyl (C=O) groups excluding carboxylic acids is 1. The highest BCUT2D eigenvalue weighted by atomic mass is 16.5. The van der Waals surface area contributed by atoms with Crippen molar-refractivity contribution in [1.29, 1.82) is 0 Å². The van der Waals surface area contributed by atoms with Gasteiger partial charge in [-0.15, -0.1) is 0 Å². The number of nitrogens with one attached hydrogen (secondary N) is 1. The summed E-state index contributed by atoms with van der Waals surface area (Å²) in [5.74, 6) is 0.236. The maximum atomic E-state index is 11.7. The molecule has 0 aromatic carbocycles. The number of aliphatic hydroxyl groups is 1. The molecule has 1 unspecified atom stereocenters. The molecular formula is C10H20N2O3. The largest absolute Gasteiger partial charge is 0.394 e. The zero-order valence-corrected chi connectivity index (χ0v) is 9.40. The van der Waals surface area contributed by atoms with E-state index in [0.717, 1.165) is 0 Å². The van der Waals surface area contributed by atoms with Crippen molar-refractivity contribution in [2.75, 3.05) is 32.9 Å². The Morgan fingerprint density at radius 3 is 2.53 bits per heavy atom. The Morgan fingerprint density at radius 1 is 1.47 bits per heavy atom. The minimum atomic E-state index is -0.166. The van der Waals surface area contributed by atoms with Crippen LogP contribution in [-0.2, 0) is 4.74 Å². The molecule has 1 aliphatic heterocycles. The maximum Gasteiger partial charge on any atom is 0.317 e. The number of rotatable bonds is 3. The van der Waals surface area contributed by atoms with Crippen LogP contribution in [0.25, 0.3) is 0 Å². The van der Waals surface area contributed by atoms with E-state index in [1.807, 2.05) is 13.8 Å². The van der Waals surface area contributed by atoms with Crippen LogP contribution >= 0.6 is 0 Å². The molecule has 0 radical (unpaired) electrons. The van der Waals surface area contributed by atoms with Crippen LogP contribution in [-0.4, -0.2) is 55.0 Å².